The van der Waals surface area contributed by atoms with E-state index < -0.39 is 5.82 Å². The second kappa shape index (κ2) is 48.0. The van der Waals surface area contributed by atoms with Gasteiger partial charge in [0.25, 0.3) is 0 Å². The lowest BCUT2D eigenvalue weighted by atomic mass is 10.2. The lowest BCUT2D eigenvalue weighted by Crippen LogP contribution is -2.48. The van der Waals surface area contributed by atoms with Crippen molar-refractivity contribution in [2.75, 3.05) is 202 Å². The number of nitrogens with zero attached hydrogens (tertiary/aromatic N) is 16. The number of halogens is 2. The number of carbonyl (C=O) groups excluding carboxylic acids is 6. The van der Waals surface area contributed by atoms with Crippen LogP contribution in [0.5, 0.6) is 0 Å². The Kier molecular flexibility index (Phi) is 34.5. The molecule has 12 N–H and O–H groups in total. The van der Waals surface area contributed by atoms with Gasteiger partial charge in [0.05, 0.1) is 16.4 Å². The first-order valence-corrected chi connectivity index (χ1v) is 45.3. The first-order chi connectivity index (χ1) is 66.6. The molecule has 16 rings (SSSR count). The zero-order valence-electron chi connectivity index (χ0n) is 78.4. The Hall–Kier alpha value is -16.4. The van der Waals surface area contributed by atoms with Crippen LogP contribution in [0.2, 0.25) is 5.02 Å². The SMILES string of the molecule is C=CC(=O)Nc1cccc(Nc2nc(Nc3ccc(N4CCN(C(C)=O)CC4)cc3)ncc2C)c1.C=CC(=O)Nc1cccc(Nc2nc(Nc3ccc(N4CCN(C(C)=O)CC4)cc3F)ncc2C)c1.C=CC(=O)Nc1cccc(Nc2nc(Nc3ccc(N4CCN(C)CC4)cc3)ncc2C)c1.C=CC(=O)Nc1cccc(Nc2nc(Nc3ccc(N4CCN(C)CC4)cc3Cl)ncc2C)c1. The molecular formula is C102H114ClFN28O6. The minimum Gasteiger partial charge on any atom is -0.369 e. The van der Waals surface area contributed by atoms with Crippen LogP contribution in [-0.2, 0) is 28.8 Å². The van der Waals surface area contributed by atoms with Gasteiger partial charge in [-0.25, -0.2) is 24.3 Å². The highest BCUT2D eigenvalue weighted by atomic mass is 35.5. The number of benzene rings is 8. The molecule has 8 aromatic carbocycles. The molecule has 4 aliphatic rings. The van der Waals surface area contributed by atoms with Crippen LogP contribution in [0.15, 0.2) is 257 Å². The van der Waals surface area contributed by atoms with E-state index in [-0.39, 0.29) is 47.1 Å². The van der Waals surface area contributed by atoms with Crippen LogP contribution in [0.3, 0.4) is 0 Å². The Bertz CT molecular complexity index is 6340. The van der Waals surface area contributed by atoms with Crippen LogP contribution in [0.25, 0.3) is 0 Å². The molecule has 0 saturated carbocycles. The molecule has 34 nitrogen and oxygen atoms in total. The van der Waals surface area contributed by atoms with E-state index >= 15 is 0 Å². The van der Waals surface area contributed by atoms with Crippen LogP contribution in [0.1, 0.15) is 36.1 Å². The molecule has 0 bridgehead atoms. The maximum atomic E-state index is 14.9. The Labute approximate surface area is 807 Å². The molecule has 36 heteroatoms. The van der Waals surface area contributed by atoms with Crippen LogP contribution < -0.4 is 83.4 Å². The van der Waals surface area contributed by atoms with E-state index in [1.54, 1.807) is 79.9 Å². The summed E-state index contributed by atoms with van der Waals surface area (Å²) in [6.07, 6.45) is 11.8. The number of amides is 6. The molecule has 12 aromatic rings. The van der Waals surface area contributed by atoms with Gasteiger partial charge >= 0.3 is 0 Å². The molecule has 6 amide bonds. The van der Waals surface area contributed by atoms with Gasteiger partial charge in [-0.05, 0) is 224 Å². The molecule has 138 heavy (non-hydrogen) atoms. The third kappa shape index (κ3) is 28.8. The Morgan fingerprint density at radius 2 is 0.572 bits per heavy atom. The number of piperazine rings is 4. The number of aryl methyl sites for hydroxylation is 4. The number of hydrogen-bond acceptors (Lipinski definition) is 28. The molecule has 4 aromatic heterocycles. The summed E-state index contributed by atoms with van der Waals surface area (Å²) in [5, 5.41) is 37.4. The molecule has 712 valence electrons. The fourth-order valence-electron chi connectivity index (χ4n) is 14.8. The molecule has 4 aliphatic heterocycles. The van der Waals surface area contributed by atoms with E-state index in [1.165, 1.54) is 36.1 Å². The fraction of sp³-hybridized carbons (Fsp3) is 0.235. The van der Waals surface area contributed by atoms with Crippen LogP contribution in [-0.4, -0.2) is 214 Å². The van der Waals surface area contributed by atoms with E-state index in [0.29, 0.717) is 101 Å². The highest BCUT2D eigenvalue weighted by molar-refractivity contribution is 6.33. The third-order valence-electron chi connectivity index (χ3n) is 22.8. The summed E-state index contributed by atoms with van der Waals surface area (Å²) in [6, 6.07) is 56.8. The molecule has 0 spiro atoms. The monoisotopic (exact) mass is 1880 g/mol. The van der Waals surface area contributed by atoms with E-state index in [4.69, 9.17) is 11.6 Å². The van der Waals surface area contributed by atoms with Gasteiger partial charge < -0.3 is 103 Å². The molecule has 0 aliphatic carbocycles. The van der Waals surface area contributed by atoms with Crippen molar-refractivity contribution in [3.05, 3.63) is 290 Å². The maximum Gasteiger partial charge on any atom is 0.247 e. The largest absolute Gasteiger partial charge is 0.369 e. The van der Waals surface area contributed by atoms with E-state index in [2.05, 4.69) is 216 Å². The summed E-state index contributed by atoms with van der Waals surface area (Å²) >= 11 is 6.59. The minimum absolute atomic E-state index is 0.0551. The predicted molar refractivity (Wildman–Crippen MR) is 554 cm³/mol. The number of likely N-dealkylation sites (N-methyl/N-ethyl adjacent to an activating group) is 2. The maximum absolute atomic E-state index is 14.9. The average molecular weight is 1880 g/mol. The summed E-state index contributed by atoms with van der Waals surface area (Å²) < 4.78 is 14.9. The van der Waals surface area contributed by atoms with Crippen LogP contribution in [0.4, 0.5) is 142 Å². The molecular weight excluding hydrogens is 1770 g/mol. The predicted octanol–water partition coefficient (Wildman–Crippen LogP) is 17.2. The molecule has 4 fully saturated rings. The summed E-state index contributed by atoms with van der Waals surface area (Å²) in [7, 11) is 4.30. The molecule has 0 unspecified atom stereocenters. The average Bonchev–Trinajstić information content (AvgIpc) is 0.818. The quantitative estimate of drug-likeness (QED) is 0.0203. The van der Waals surface area contributed by atoms with Crippen molar-refractivity contribution >= 4 is 185 Å². The van der Waals surface area contributed by atoms with E-state index in [9.17, 15) is 33.2 Å². The highest BCUT2D eigenvalue weighted by Gasteiger charge is 2.24. The summed E-state index contributed by atoms with van der Waals surface area (Å²) in [4.78, 5) is 123. The van der Waals surface area contributed by atoms with Gasteiger partial charge in [-0.15, -0.1) is 0 Å². The highest BCUT2D eigenvalue weighted by Crippen LogP contribution is 2.35. The molecule has 0 radical (unpaired) electrons. The number of nitrogens with one attached hydrogen (secondary N) is 12. The van der Waals surface area contributed by atoms with Gasteiger partial charge in [0.15, 0.2) is 0 Å². The van der Waals surface area contributed by atoms with E-state index in [0.717, 1.165) is 152 Å². The summed E-state index contributed by atoms with van der Waals surface area (Å²) in [5.74, 6) is 2.85. The minimum atomic E-state index is -0.425. The van der Waals surface area contributed by atoms with Gasteiger partial charge in [0, 0.05) is 245 Å². The van der Waals surface area contributed by atoms with Crippen molar-refractivity contribution in [3.63, 3.8) is 0 Å². The Morgan fingerprint density at radius 3 is 0.862 bits per heavy atom. The van der Waals surface area contributed by atoms with Crippen molar-refractivity contribution in [1.29, 1.82) is 0 Å². The second-order valence-corrected chi connectivity index (χ2v) is 33.4. The summed E-state index contributed by atoms with van der Waals surface area (Å²) in [6.45, 7) is 38.6. The number of rotatable bonds is 28. The van der Waals surface area contributed by atoms with Crippen molar-refractivity contribution in [2.45, 2.75) is 41.5 Å². The fourth-order valence-corrected chi connectivity index (χ4v) is 15.1. The number of aromatic nitrogens is 8. The normalized spacial score (nSPS) is 13.6. The van der Waals surface area contributed by atoms with E-state index in [1.807, 2.05) is 130 Å². The first kappa shape index (κ1) is 99.1. The topological polar surface area (TPSA) is 376 Å². The van der Waals surface area contributed by atoms with Crippen molar-refractivity contribution in [3.8, 4) is 0 Å². The number of anilines is 24. The molecule has 4 saturated heterocycles. The molecule has 8 heterocycles. The van der Waals surface area contributed by atoms with Gasteiger partial charge in [-0.2, -0.15) is 19.9 Å². The molecule has 0 atom stereocenters. The zero-order valence-corrected chi connectivity index (χ0v) is 79.2. The van der Waals surface area contributed by atoms with Crippen molar-refractivity contribution < 1.29 is 33.2 Å². The number of carbonyl (C=O) groups is 6. The summed E-state index contributed by atoms with van der Waals surface area (Å²) in [5.41, 5.74) is 16.2. The third-order valence-corrected chi connectivity index (χ3v) is 23.1. The standard InChI is InChI=1S/C26H28FN7O2.C26H29N7O2.C25H28ClN7O.C25H29N7O/c1-4-24(36)29-19-6-5-7-20(14-19)30-25-17(2)16-28-26(32-25)31-23-9-8-21(15-22(23)27)34-12-10-33(11-13-34)18(3)35;1-4-24(35)28-21-6-5-7-22(16-21)29-25-18(2)17-27-26(31-25)30-20-8-10-23(11-9-20)33-14-12-32(13-15-33)19(3)34;1-4-23(34)28-18-6-5-7-19(14-18)29-24-17(2)16-27-25(31-24)30-22-9-8-20(15-21(22)26)33-12-10-32(3)11-13-33;1-4-23(33)27-20-6-5-7-21(16-20)28-24-18(2)17-26-25(30-24)29-19-8-10-22(11-9-19)32-14-12-31(3)13-15-32/h4-9,14-16H,1,10-13H2,2-3H3,(H,29,36)(H2,28,30,31,32);4-11,16-17H,1,12-15H2,2-3H3,(H,28,35)(H2,27,29,30,31);4-9,14-16H,1,10-13H2,2-3H3,(H,28,34)(H2,27,29,30,31);4-11,16-17H,1,12-15H2,2-3H3,(H,27,33)(H2,26,28,29,30). The lowest BCUT2D eigenvalue weighted by molar-refractivity contribution is -0.129. The van der Waals surface area contributed by atoms with Gasteiger partial charge in [-0.3, -0.25) is 28.8 Å². The zero-order chi connectivity index (χ0) is 97.7. The Balaban J connectivity index is 0.000000155. The van der Waals surface area contributed by atoms with Gasteiger partial charge in [-0.1, -0.05) is 62.2 Å². The van der Waals surface area contributed by atoms with Gasteiger partial charge in [0.1, 0.15) is 29.1 Å². The second-order valence-electron chi connectivity index (χ2n) is 33.0. The van der Waals surface area contributed by atoms with Crippen LogP contribution >= 0.6 is 11.6 Å². The van der Waals surface area contributed by atoms with Gasteiger partial charge in [0.2, 0.25) is 59.2 Å². The van der Waals surface area contributed by atoms with Crippen molar-refractivity contribution in [1.82, 2.24) is 59.5 Å². The smallest absolute Gasteiger partial charge is 0.247 e. The van der Waals surface area contributed by atoms with Crippen molar-refractivity contribution in [2.24, 2.45) is 0 Å². The van der Waals surface area contributed by atoms with Crippen LogP contribution in [0, 0.1) is 33.5 Å². The Morgan fingerprint density at radius 1 is 0.312 bits per heavy atom. The lowest BCUT2D eigenvalue weighted by Gasteiger charge is -2.35. The number of hydrogen-bond donors (Lipinski definition) is 12. The first-order valence-electron chi connectivity index (χ1n) is 45.0.